The van der Waals surface area contributed by atoms with Gasteiger partial charge in [-0.05, 0) is 6.42 Å². The van der Waals surface area contributed by atoms with Gasteiger partial charge >= 0.3 is 88.7 Å². The van der Waals surface area contributed by atoms with Crippen molar-refractivity contribution in [3.63, 3.8) is 0 Å². The van der Waals surface area contributed by atoms with Crippen molar-refractivity contribution in [2.45, 2.75) is 51.9 Å². The third-order valence-electron chi connectivity index (χ3n) is 2.13. The van der Waals surface area contributed by atoms with Crippen molar-refractivity contribution >= 4 is 7.82 Å². The summed E-state index contributed by atoms with van der Waals surface area (Å²) in [6.45, 7) is 3.70. The maximum Gasteiger partial charge on any atom is 1.00 e. The van der Waals surface area contributed by atoms with Crippen molar-refractivity contribution in [3.8, 4) is 0 Å². The summed E-state index contributed by atoms with van der Waals surface area (Å²) in [4.78, 5) is 25.6. The van der Waals surface area contributed by atoms with E-state index in [1.165, 1.54) is 38.5 Å². The molecule has 0 aromatic rings. The molecule has 10 heteroatoms. The summed E-state index contributed by atoms with van der Waals surface area (Å²) in [6, 6.07) is 0. The molecule has 0 aliphatic heterocycles. The molecule has 0 amide bonds. The Morgan fingerprint density at radius 2 is 1.24 bits per heavy atom. The standard InChI is InChI=1S/C11H24O2.3Na.H3O4P/c1-2-3-4-5-6-7-8-10-13-11-9-12;;;;1-5(2,3)4/h12H,2-11H2,1H3;;;;(H3,1,2,3,4)/q;3*+1;/p-3. The number of aliphatic hydroxyl groups is 1. The van der Waals surface area contributed by atoms with Crippen LogP contribution in [-0.4, -0.2) is 24.9 Å². The number of phosphoric acid groups is 1. The van der Waals surface area contributed by atoms with Gasteiger partial charge in [-0.2, -0.15) is 7.82 Å². The summed E-state index contributed by atoms with van der Waals surface area (Å²) in [7, 11) is -5.39. The number of aliphatic hydroxyl groups excluding tert-OH is 1. The molecular weight excluding hydrogens is 328 g/mol. The van der Waals surface area contributed by atoms with E-state index in [0.29, 0.717) is 6.61 Å². The average molecular weight is 352 g/mol. The predicted molar refractivity (Wildman–Crippen MR) is 63.5 cm³/mol. The van der Waals surface area contributed by atoms with Crippen molar-refractivity contribution in [1.82, 2.24) is 0 Å². The van der Waals surface area contributed by atoms with Gasteiger partial charge in [0, 0.05) is 6.61 Å². The van der Waals surface area contributed by atoms with Crippen LogP contribution in [0.15, 0.2) is 0 Å². The molecular formula is C11H24Na3O6P. The van der Waals surface area contributed by atoms with Crippen molar-refractivity contribution in [3.05, 3.63) is 0 Å². The van der Waals surface area contributed by atoms with Gasteiger partial charge in [0.1, 0.15) is 0 Å². The second-order valence-corrected chi connectivity index (χ2v) is 4.80. The Labute approximate surface area is 194 Å². The fourth-order valence-electron chi connectivity index (χ4n) is 1.33. The zero-order valence-corrected chi connectivity index (χ0v) is 20.9. The molecule has 0 aromatic heterocycles. The zero-order valence-electron chi connectivity index (χ0n) is 14.0. The van der Waals surface area contributed by atoms with Gasteiger partial charge in [-0.3, -0.25) is 0 Å². The molecule has 0 saturated heterocycles. The van der Waals surface area contributed by atoms with Crippen molar-refractivity contribution in [2.24, 2.45) is 0 Å². The fourth-order valence-corrected chi connectivity index (χ4v) is 1.33. The molecule has 0 saturated carbocycles. The second kappa shape index (κ2) is 27.9. The van der Waals surface area contributed by atoms with Crippen LogP contribution in [0, 0.1) is 0 Å². The summed E-state index contributed by atoms with van der Waals surface area (Å²) in [5, 5.41) is 8.44. The van der Waals surface area contributed by atoms with Crippen LogP contribution in [0.3, 0.4) is 0 Å². The molecule has 0 bridgehead atoms. The molecule has 0 rings (SSSR count). The monoisotopic (exact) mass is 352 g/mol. The first kappa shape index (κ1) is 35.2. The SMILES string of the molecule is CCCCCCCCCOCCO.O=P([O-])([O-])[O-].[Na+].[Na+].[Na+]. The van der Waals surface area contributed by atoms with Crippen LogP contribution in [0.2, 0.25) is 0 Å². The van der Waals surface area contributed by atoms with Crippen LogP contribution in [0.25, 0.3) is 0 Å². The largest absolute Gasteiger partial charge is 1.00 e. The fraction of sp³-hybridized carbons (Fsp3) is 1.00. The van der Waals surface area contributed by atoms with E-state index in [1.54, 1.807) is 0 Å². The van der Waals surface area contributed by atoms with Gasteiger partial charge in [0.25, 0.3) is 0 Å². The predicted octanol–water partition coefficient (Wildman–Crippen LogP) is -9.07. The Morgan fingerprint density at radius 1 is 0.857 bits per heavy atom. The molecule has 0 aliphatic rings. The van der Waals surface area contributed by atoms with E-state index < -0.39 is 7.82 Å². The topological polar surface area (TPSA) is 116 Å². The van der Waals surface area contributed by atoms with Gasteiger partial charge in [-0.25, -0.2) is 0 Å². The first-order chi connectivity index (χ1) is 8.41. The Bertz CT molecular complexity index is 188. The molecule has 0 spiro atoms. The quantitative estimate of drug-likeness (QED) is 0.237. The minimum absolute atomic E-state index is 0. The molecule has 112 valence electrons. The molecule has 0 atom stereocenters. The molecule has 21 heavy (non-hydrogen) atoms. The third-order valence-corrected chi connectivity index (χ3v) is 2.13. The van der Waals surface area contributed by atoms with Gasteiger partial charge in [-0.15, -0.1) is 0 Å². The molecule has 0 heterocycles. The van der Waals surface area contributed by atoms with Gasteiger partial charge in [0.05, 0.1) is 13.2 Å². The number of hydrogen-bond donors (Lipinski definition) is 1. The van der Waals surface area contributed by atoms with E-state index in [4.69, 9.17) is 29.1 Å². The van der Waals surface area contributed by atoms with Gasteiger partial charge in [-0.1, -0.05) is 45.4 Å². The van der Waals surface area contributed by atoms with E-state index in [9.17, 15) is 0 Å². The van der Waals surface area contributed by atoms with Crippen LogP contribution in [0.1, 0.15) is 51.9 Å². The van der Waals surface area contributed by atoms with Crippen LogP contribution >= 0.6 is 7.82 Å². The normalized spacial score (nSPS) is 9.38. The summed E-state index contributed by atoms with van der Waals surface area (Å²) in [6.07, 6.45) is 9.20. The van der Waals surface area contributed by atoms with Gasteiger partial charge in [0.15, 0.2) is 0 Å². The van der Waals surface area contributed by atoms with Crippen molar-refractivity contribution in [2.75, 3.05) is 19.8 Å². The van der Waals surface area contributed by atoms with E-state index in [0.717, 1.165) is 13.0 Å². The number of unbranched alkanes of at least 4 members (excludes halogenated alkanes) is 6. The van der Waals surface area contributed by atoms with Crippen molar-refractivity contribution in [1.29, 1.82) is 0 Å². The first-order valence-corrected chi connectivity index (χ1v) is 7.79. The Kier molecular flexibility index (Phi) is 46.7. The van der Waals surface area contributed by atoms with E-state index in [-0.39, 0.29) is 95.3 Å². The second-order valence-electron chi connectivity index (χ2n) is 3.90. The number of rotatable bonds is 10. The third kappa shape index (κ3) is 60.0. The van der Waals surface area contributed by atoms with Crippen LogP contribution in [0.4, 0.5) is 0 Å². The molecule has 6 nitrogen and oxygen atoms in total. The Balaban J connectivity index is -0.0000000933. The maximum atomic E-state index is 8.55. The minimum Gasteiger partial charge on any atom is -0.822 e. The van der Waals surface area contributed by atoms with Crippen molar-refractivity contribution < 1.29 is 118 Å². The molecule has 0 aliphatic carbocycles. The molecule has 0 unspecified atom stereocenters. The van der Waals surface area contributed by atoms with Crippen LogP contribution in [0.5, 0.6) is 0 Å². The average Bonchev–Trinajstić information content (AvgIpc) is 2.25. The molecule has 0 radical (unpaired) electrons. The summed E-state index contributed by atoms with van der Waals surface area (Å²) in [5.74, 6) is 0. The summed E-state index contributed by atoms with van der Waals surface area (Å²) in [5.41, 5.74) is 0. The zero-order chi connectivity index (χ0) is 14.3. The van der Waals surface area contributed by atoms with E-state index >= 15 is 0 Å². The van der Waals surface area contributed by atoms with Gasteiger partial charge in [0.2, 0.25) is 0 Å². The first-order valence-electron chi connectivity index (χ1n) is 6.33. The Morgan fingerprint density at radius 3 is 1.62 bits per heavy atom. The van der Waals surface area contributed by atoms with E-state index in [1.807, 2.05) is 0 Å². The number of ether oxygens (including phenoxy) is 1. The molecule has 0 fully saturated rings. The molecule has 0 aromatic carbocycles. The minimum atomic E-state index is -5.39. The van der Waals surface area contributed by atoms with E-state index in [2.05, 4.69) is 6.92 Å². The number of hydrogen-bond acceptors (Lipinski definition) is 6. The maximum absolute atomic E-state index is 8.55. The van der Waals surface area contributed by atoms with Gasteiger partial charge < -0.3 is 29.1 Å². The smallest absolute Gasteiger partial charge is 0.822 e. The van der Waals surface area contributed by atoms with Crippen LogP contribution in [-0.2, 0) is 9.30 Å². The summed E-state index contributed by atoms with van der Waals surface area (Å²) < 4.78 is 13.7. The molecule has 1 N–H and O–H groups in total. The van der Waals surface area contributed by atoms with Crippen LogP contribution < -0.4 is 103 Å². The Hall–Kier alpha value is 3.03. The summed E-state index contributed by atoms with van der Waals surface area (Å²) >= 11 is 0.